The van der Waals surface area contributed by atoms with Gasteiger partial charge in [0.05, 0.1) is 24.8 Å². The molecule has 142 valence electrons. The number of carboxylic acid groups (broad SMARTS) is 1. The van der Waals surface area contributed by atoms with Crippen molar-refractivity contribution in [2.24, 2.45) is 11.7 Å². The Kier molecular flexibility index (Phi) is 8.64. The van der Waals surface area contributed by atoms with Crippen LogP contribution in [0, 0.1) is 5.92 Å². The summed E-state index contributed by atoms with van der Waals surface area (Å²) in [6, 6.07) is -3.40. The third kappa shape index (κ3) is 5.05. The van der Waals surface area contributed by atoms with E-state index < -0.39 is 60.7 Å². The van der Waals surface area contributed by atoms with E-state index in [-0.39, 0.29) is 0 Å². The second kappa shape index (κ2) is 9.18. The minimum absolute atomic E-state index is 0.634. The van der Waals surface area contributed by atoms with Gasteiger partial charge in [0.1, 0.15) is 6.10 Å². The van der Waals surface area contributed by atoms with Gasteiger partial charge < -0.3 is 36.2 Å². The Balaban J connectivity index is 5.58. The molecule has 0 bridgehead atoms. The van der Waals surface area contributed by atoms with Crippen molar-refractivity contribution in [3.63, 3.8) is 0 Å². The van der Waals surface area contributed by atoms with E-state index in [1.807, 2.05) is 0 Å². The molecule has 0 aromatic rings. The van der Waals surface area contributed by atoms with Crippen molar-refractivity contribution in [3.05, 3.63) is 0 Å². The number of hydrogen-bond acceptors (Lipinski definition) is 7. The Morgan fingerprint density at radius 1 is 1.38 bits per heavy atom. The van der Waals surface area contributed by atoms with Gasteiger partial charge in [-0.05, 0) is 0 Å². The fourth-order valence-electron chi connectivity index (χ4n) is 2.23. The quantitative estimate of drug-likeness (QED) is 0.259. The maximum Gasteiger partial charge on any atom is 0.372 e. The number of hydrogen-bond donors (Lipinski definition) is 6. The first kappa shape index (κ1) is 22.6. The highest BCUT2D eigenvalue weighted by Gasteiger charge is 2.54. The number of aliphatic carboxylic acids is 1. The summed E-state index contributed by atoms with van der Waals surface area (Å²) < 4.78 is 32.5. The Morgan fingerprint density at radius 3 is 2.21 bits per heavy atom. The largest absolute Gasteiger partial charge is 0.477 e. The second-order valence-corrected chi connectivity index (χ2v) is 5.46. The smallest absolute Gasteiger partial charge is 0.372 e. The number of ether oxygens (including phenoxy) is 1. The molecule has 9 nitrogen and oxygen atoms in total. The zero-order valence-electron chi connectivity index (χ0n) is 13.5. The van der Waals surface area contributed by atoms with Gasteiger partial charge in [-0.25, -0.2) is 9.18 Å². The van der Waals surface area contributed by atoms with Crippen molar-refractivity contribution in [3.8, 4) is 0 Å². The van der Waals surface area contributed by atoms with Crippen LogP contribution in [0.4, 0.5) is 8.78 Å². The van der Waals surface area contributed by atoms with E-state index in [0.29, 0.717) is 7.11 Å². The molecule has 0 saturated heterocycles. The van der Waals surface area contributed by atoms with Gasteiger partial charge in [0.2, 0.25) is 5.91 Å². The SMILES string of the molecule is COC(F)(C(=O)O)C(F)C(N)[C@@H](NC(C)=O)C(C)[C@H](O)[C@H](O)CO. The lowest BCUT2D eigenvalue weighted by Gasteiger charge is -2.37. The van der Waals surface area contributed by atoms with E-state index in [4.69, 9.17) is 15.9 Å². The Labute approximate surface area is 137 Å². The fourth-order valence-corrected chi connectivity index (χ4v) is 2.23. The number of carbonyl (C=O) groups excluding carboxylic acids is 1. The molecule has 1 amide bonds. The zero-order valence-corrected chi connectivity index (χ0v) is 13.5. The normalized spacial score (nSPS) is 21.7. The minimum Gasteiger partial charge on any atom is -0.477 e. The van der Waals surface area contributed by atoms with Crippen LogP contribution in [0.1, 0.15) is 13.8 Å². The molecule has 0 saturated carbocycles. The molecule has 4 unspecified atom stereocenters. The number of aliphatic hydroxyl groups excluding tert-OH is 3. The van der Waals surface area contributed by atoms with Crippen LogP contribution in [0.3, 0.4) is 0 Å². The number of alkyl halides is 2. The Morgan fingerprint density at radius 2 is 1.88 bits per heavy atom. The van der Waals surface area contributed by atoms with Gasteiger partial charge in [-0.1, -0.05) is 6.92 Å². The fraction of sp³-hybridized carbons (Fsp3) is 0.846. The summed E-state index contributed by atoms with van der Waals surface area (Å²) in [6.45, 7) is 1.47. The van der Waals surface area contributed by atoms with Crippen molar-refractivity contribution in [2.75, 3.05) is 13.7 Å². The predicted molar refractivity (Wildman–Crippen MR) is 77.2 cm³/mol. The molecule has 0 radical (unpaired) electrons. The van der Waals surface area contributed by atoms with E-state index >= 15 is 0 Å². The van der Waals surface area contributed by atoms with Crippen LogP contribution in [0.15, 0.2) is 0 Å². The van der Waals surface area contributed by atoms with Crippen LogP contribution < -0.4 is 11.1 Å². The van der Waals surface area contributed by atoms with Gasteiger partial charge in [-0.3, -0.25) is 4.79 Å². The average Bonchev–Trinajstić information content (AvgIpc) is 2.54. The van der Waals surface area contributed by atoms with Crippen LogP contribution in [-0.2, 0) is 14.3 Å². The summed E-state index contributed by atoms with van der Waals surface area (Å²) in [5.41, 5.74) is 5.56. The summed E-state index contributed by atoms with van der Waals surface area (Å²) in [6.07, 6.45) is -6.18. The monoisotopic (exact) mass is 358 g/mol. The van der Waals surface area contributed by atoms with E-state index in [2.05, 4.69) is 10.1 Å². The highest BCUT2D eigenvalue weighted by molar-refractivity contribution is 5.76. The molecular weight excluding hydrogens is 334 g/mol. The van der Waals surface area contributed by atoms with Crippen molar-refractivity contribution >= 4 is 11.9 Å². The summed E-state index contributed by atoms with van der Waals surface area (Å²) in [5, 5.41) is 39.2. The molecule has 0 aliphatic carbocycles. The number of nitrogens with one attached hydrogen (secondary N) is 1. The maximum atomic E-state index is 14.4. The molecular formula is C13H24F2N2O7. The van der Waals surface area contributed by atoms with Crippen molar-refractivity contribution in [1.29, 1.82) is 0 Å². The van der Waals surface area contributed by atoms with Crippen molar-refractivity contribution in [1.82, 2.24) is 5.32 Å². The standard InChI is InChI=1S/C13H24F2N2O7/c1-5(10(21)7(20)4-18)9(17-6(2)19)8(16)11(14)13(15,24-3)12(22)23/h5,7-11,18,20-21H,4,16H2,1-3H3,(H,17,19)(H,22,23)/t5?,7-,8?,9+,10+,11?,13?/m1/s1. The lowest BCUT2D eigenvalue weighted by atomic mass is 9.84. The third-order valence-electron chi connectivity index (χ3n) is 3.75. The van der Waals surface area contributed by atoms with Gasteiger partial charge in [-0.15, -0.1) is 0 Å². The number of rotatable bonds is 10. The van der Waals surface area contributed by atoms with Gasteiger partial charge in [0.25, 0.3) is 0 Å². The number of aliphatic hydroxyl groups is 3. The lowest BCUT2D eigenvalue weighted by molar-refractivity contribution is -0.209. The summed E-state index contributed by atoms with van der Waals surface area (Å²) in [7, 11) is 0.634. The van der Waals surface area contributed by atoms with E-state index in [1.54, 1.807) is 0 Å². The lowest BCUT2D eigenvalue weighted by Crippen LogP contribution is -2.64. The number of methoxy groups -OCH3 is 1. The van der Waals surface area contributed by atoms with E-state index in [1.165, 1.54) is 6.92 Å². The molecule has 7 N–H and O–H groups in total. The van der Waals surface area contributed by atoms with Gasteiger partial charge in [0, 0.05) is 20.0 Å². The highest BCUT2D eigenvalue weighted by Crippen LogP contribution is 2.27. The van der Waals surface area contributed by atoms with Crippen molar-refractivity contribution in [2.45, 2.75) is 50.2 Å². The number of amides is 1. The average molecular weight is 358 g/mol. The molecule has 0 aromatic heterocycles. The van der Waals surface area contributed by atoms with Gasteiger partial charge in [-0.2, -0.15) is 4.39 Å². The number of nitrogens with two attached hydrogens (primary N) is 1. The van der Waals surface area contributed by atoms with Gasteiger partial charge in [0.15, 0.2) is 6.17 Å². The van der Waals surface area contributed by atoms with Crippen LogP contribution in [0.25, 0.3) is 0 Å². The topological polar surface area (TPSA) is 162 Å². The zero-order chi connectivity index (χ0) is 19.2. The summed E-state index contributed by atoms with van der Waals surface area (Å²) >= 11 is 0. The van der Waals surface area contributed by atoms with Crippen molar-refractivity contribution < 1.29 is 43.5 Å². The Bertz CT molecular complexity index is 443. The molecule has 11 heteroatoms. The first-order chi connectivity index (χ1) is 10.9. The highest BCUT2D eigenvalue weighted by atomic mass is 19.2. The molecule has 0 aliphatic heterocycles. The molecule has 24 heavy (non-hydrogen) atoms. The molecule has 0 heterocycles. The first-order valence-corrected chi connectivity index (χ1v) is 7.05. The summed E-state index contributed by atoms with van der Waals surface area (Å²) in [4.78, 5) is 22.2. The van der Waals surface area contributed by atoms with Crippen LogP contribution in [-0.4, -0.2) is 82.3 Å². The number of carboxylic acids is 1. The molecule has 0 fully saturated rings. The third-order valence-corrected chi connectivity index (χ3v) is 3.75. The summed E-state index contributed by atoms with van der Waals surface area (Å²) in [5.74, 6) is -7.88. The molecule has 0 rings (SSSR count). The molecule has 7 atom stereocenters. The van der Waals surface area contributed by atoms with Gasteiger partial charge >= 0.3 is 11.8 Å². The van der Waals surface area contributed by atoms with Crippen LogP contribution in [0.2, 0.25) is 0 Å². The minimum atomic E-state index is -3.77. The Hall–Kier alpha value is -1.40. The number of halogens is 2. The van der Waals surface area contributed by atoms with E-state index in [0.717, 1.165) is 6.92 Å². The van der Waals surface area contributed by atoms with E-state index in [9.17, 15) is 28.6 Å². The number of carbonyl (C=O) groups is 2. The molecule has 0 aromatic carbocycles. The molecule has 0 aliphatic rings. The van der Waals surface area contributed by atoms with Crippen LogP contribution in [0.5, 0.6) is 0 Å². The first-order valence-electron chi connectivity index (χ1n) is 7.05. The molecule has 0 spiro atoms. The predicted octanol–water partition coefficient (Wildman–Crippen LogP) is -2.10. The second-order valence-electron chi connectivity index (χ2n) is 5.46. The maximum absolute atomic E-state index is 14.4. The van der Waals surface area contributed by atoms with Crippen LogP contribution >= 0.6 is 0 Å².